The van der Waals surface area contributed by atoms with Crippen LogP contribution in [0.5, 0.6) is 11.5 Å². The van der Waals surface area contributed by atoms with Crippen molar-refractivity contribution in [3.63, 3.8) is 0 Å². The molecule has 2 heterocycles. The number of aromatic nitrogens is 2. The van der Waals surface area contributed by atoms with Crippen molar-refractivity contribution in [2.45, 2.75) is 12.8 Å². The van der Waals surface area contributed by atoms with E-state index in [-0.39, 0.29) is 0 Å². The highest BCUT2D eigenvalue weighted by atomic mass is 16.5. The van der Waals surface area contributed by atoms with Gasteiger partial charge in [-0.2, -0.15) is 0 Å². The zero-order chi connectivity index (χ0) is 20.9. The first-order valence-corrected chi connectivity index (χ1v) is 10.2. The summed E-state index contributed by atoms with van der Waals surface area (Å²) in [6, 6.07) is 13.7. The number of hydrogen-bond donors (Lipinski definition) is 2. The van der Waals surface area contributed by atoms with Crippen molar-refractivity contribution >= 4 is 23.1 Å². The second kappa shape index (κ2) is 9.04. The van der Waals surface area contributed by atoms with Crippen molar-refractivity contribution in [2.24, 2.45) is 5.73 Å². The Kier molecular flexibility index (Phi) is 6.04. The van der Waals surface area contributed by atoms with Gasteiger partial charge in [-0.1, -0.05) is 18.2 Å². The average molecular weight is 409 g/mol. The number of primary amides is 1. The molecule has 8 heteroatoms. The van der Waals surface area contributed by atoms with E-state index >= 15 is 0 Å². The Labute approximate surface area is 175 Å². The highest BCUT2D eigenvalue weighted by Crippen LogP contribution is 2.27. The number of carbonyl (C=O) groups excluding carboxylic acids is 1. The maximum Gasteiger partial charge on any atom is 0.410 e. The molecule has 1 amide bonds. The van der Waals surface area contributed by atoms with Crippen molar-refractivity contribution in [2.75, 3.05) is 44.7 Å². The molecule has 2 aromatic carbocycles. The Bertz CT molecular complexity index is 1000. The van der Waals surface area contributed by atoms with Gasteiger partial charge in [-0.15, -0.1) is 0 Å². The Morgan fingerprint density at radius 3 is 2.73 bits per heavy atom. The number of methoxy groups -OCH3 is 1. The molecule has 3 aromatic rings. The van der Waals surface area contributed by atoms with Crippen molar-refractivity contribution < 1.29 is 14.3 Å². The Morgan fingerprint density at radius 2 is 1.97 bits per heavy atom. The van der Waals surface area contributed by atoms with E-state index in [1.54, 1.807) is 13.2 Å². The maximum absolute atomic E-state index is 11.1. The summed E-state index contributed by atoms with van der Waals surface area (Å²) in [5, 5.41) is 0. The van der Waals surface area contributed by atoms with Gasteiger partial charge in [-0.25, -0.2) is 9.78 Å². The zero-order valence-corrected chi connectivity index (χ0v) is 17.1. The fourth-order valence-electron chi connectivity index (χ4n) is 3.82. The molecule has 4 rings (SSSR count). The van der Waals surface area contributed by atoms with Gasteiger partial charge in [0.05, 0.1) is 12.6 Å². The molecule has 30 heavy (non-hydrogen) atoms. The van der Waals surface area contributed by atoms with E-state index < -0.39 is 6.09 Å². The molecular formula is C22H27N5O3. The van der Waals surface area contributed by atoms with Gasteiger partial charge < -0.3 is 30.0 Å². The van der Waals surface area contributed by atoms with E-state index in [0.29, 0.717) is 11.3 Å². The van der Waals surface area contributed by atoms with Crippen LogP contribution in [-0.4, -0.2) is 60.8 Å². The number of anilines is 1. The summed E-state index contributed by atoms with van der Waals surface area (Å²) in [6.07, 6.45) is 1.24. The summed E-state index contributed by atoms with van der Waals surface area (Å²) in [5.74, 6) is 2.06. The summed E-state index contributed by atoms with van der Waals surface area (Å²) >= 11 is 0. The minimum absolute atomic E-state index is 0.374. The number of nitrogens with zero attached hydrogens (tertiary/aromatic N) is 3. The van der Waals surface area contributed by atoms with Crippen LogP contribution in [0.25, 0.3) is 11.0 Å². The van der Waals surface area contributed by atoms with Crippen LogP contribution in [0.4, 0.5) is 10.7 Å². The number of para-hydroxylation sites is 1. The highest BCUT2D eigenvalue weighted by Gasteiger charge is 2.19. The lowest BCUT2D eigenvalue weighted by Crippen LogP contribution is -2.32. The number of nitrogens with one attached hydrogen (secondary N) is 1. The predicted octanol–water partition coefficient (Wildman–Crippen LogP) is 2.78. The van der Waals surface area contributed by atoms with E-state index in [2.05, 4.69) is 31.9 Å². The first-order valence-electron chi connectivity index (χ1n) is 10.2. The van der Waals surface area contributed by atoms with Crippen LogP contribution in [0, 0.1) is 0 Å². The van der Waals surface area contributed by atoms with Gasteiger partial charge >= 0.3 is 6.09 Å². The smallest absolute Gasteiger partial charge is 0.410 e. The summed E-state index contributed by atoms with van der Waals surface area (Å²) < 4.78 is 10.3. The summed E-state index contributed by atoms with van der Waals surface area (Å²) in [7, 11) is 1.69. The molecule has 1 fully saturated rings. The minimum Gasteiger partial charge on any atom is -0.497 e. The molecule has 0 saturated carbocycles. The lowest BCUT2D eigenvalue weighted by molar-refractivity contribution is 0.211. The molecule has 1 saturated heterocycles. The summed E-state index contributed by atoms with van der Waals surface area (Å²) in [6.45, 7) is 4.86. The molecule has 0 bridgehead atoms. The van der Waals surface area contributed by atoms with Crippen molar-refractivity contribution in [3.8, 4) is 11.5 Å². The number of ether oxygens (including phenoxy) is 2. The minimum atomic E-state index is -0.839. The Hall–Kier alpha value is -3.26. The van der Waals surface area contributed by atoms with Crippen LogP contribution in [0.3, 0.4) is 0 Å². The number of fused-ring (bicyclic) bond motifs is 1. The molecule has 1 aliphatic heterocycles. The van der Waals surface area contributed by atoms with E-state index in [4.69, 9.17) is 15.2 Å². The topological polar surface area (TPSA) is 96.7 Å². The standard InChI is InChI=1S/C22H27N5O3/c1-29-17-8-6-16(7-9-17)10-13-26-11-3-12-27(15-14-26)22-24-18-4-2-5-19(20(18)25-22)30-21(23)28/h2,4-9H,3,10-15H2,1H3,(H2,23,28)(H,24,25). The van der Waals surface area contributed by atoms with Crippen LogP contribution >= 0.6 is 0 Å². The third kappa shape index (κ3) is 4.65. The predicted molar refractivity (Wildman–Crippen MR) is 116 cm³/mol. The van der Waals surface area contributed by atoms with Gasteiger partial charge in [0.2, 0.25) is 5.95 Å². The number of rotatable bonds is 6. The Morgan fingerprint density at radius 1 is 1.13 bits per heavy atom. The normalized spacial score (nSPS) is 15.2. The van der Waals surface area contributed by atoms with E-state index in [9.17, 15) is 4.79 Å². The molecule has 0 aliphatic carbocycles. The van der Waals surface area contributed by atoms with Crippen LogP contribution in [-0.2, 0) is 6.42 Å². The molecule has 0 unspecified atom stereocenters. The maximum atomic E-state index is 11.1. The third-order valence-corrected chi connectivity index (χ3v) is 5.44. The van der Waals surface area contributed by atoms with Gasteiger partial charge in [0.1, 0.15) is 11.3 Å². The van der Waals surface area contributed by atoms with Gasteiger partial charge in [0.15, 0.2) is 5.75 Å². The van der Waals surface area contributed by atoms with E-state index in [0.717, 1.165) is 62.8 Å². The summed E-state index contributed by atoms with van der Waals surface area (Å²) in [5.41, 5.74) is 7.92. The quantitative estimate of drug-likeness (QED) is 0.650. The molecule has 1 aliphatic rings. The number of hydrogen-bond acceptors (Lipinski definition) is 6. The van der Waals surface area contributed by atoms with E-state index in [1.807, 2.05) is 24.3 Å². The molecule has 0 radical (unpaired) electrons. The first kappa shape index (κ1) is 20.0. The monoisotopic (exact) mass is 409 g/mol. The SMILES string of the molecule is COc1ccc(CCN2CCCN(c3nc4c(OC(N)=O)cccc4[nH]3)CC2)cc1. The largest absolute Gasteiger partial charge is 0.497 e. The van der Waals surface area contributed by atoms with Gasteiger partial charge in [0.25, 0.3) is 0 Å². The number of imidazole rings is 1. The highest BCUT2D eigenvalue weighted by molar-refractivity contribution is 5.86. The second-order valence-electron chi connectivity index (χ2n) is 7.41. The van der Waals surface area contributed by atoms with Crippen molar-refractivity contribution in [1.29, 1.82) is 0 Å². The number of carbonyl (C=O) groups is 1. The van der Waals surface area contributed by atoms with Gasteiger partial charge in [-0.05, 0) is 49.2 Å². The molecular weight excluding hydrogens is 382 g/mol. The molecule has 1 aromatic heterocycles. The summed E-state index contributed by atoms with van der Waals surface area (Å²) in [4.78, 5) is 23.9. The lowest BCUT2D eigenvalue weighted by Gasteiger charge is -2.21. The van der Waals surface area contributed by atoms with Crippen LogP contribution < -0.4 is 20.1 Å². The van der Waals surface area contributed by atoms with Gasteiger partial charge in [-0.3, -0.25) is 0 Å². The number of aromatic amines is 1. The average Bonchev–Trinajstić information content (AvgIpc) is 3.05. The third-order valence-electron chi connectivity index (χ3n) is 5.44. The Balaban J connectivity index is 1.38. The lowest BCUT2D eigenvalue weighted by atomic mass is 10.1. The van der Waals surface area contributed by atoms with Crippen LogP contribution in [0.15, 0.2) is 42.5 Å². The zero-order valence-electron chi connectivity index (χ0n) is 17.1. The van der Waals surface area contributed by atoms with Gasteiger partial charge in [0, 0.05) is 26.2 Å². The molecule has 8 nitrogen and oxygen atoms in total. The number of H-pyrrole nitrogens is 1. The van der Waals surface area contributed by atoms with Crippen molar-refractivity contribution in [1.82, 2.24) is 14.9 Å². The van der Waals surface area contributed by atoms with Crippen molar-refractivity contribution in [3.05, 3.63) is 48.0 Å². The van der Waals surface area contributed by atoms with E-state index in [1.165, 1.54) is 5.56 Å². The second-order valence-corrected chi connectivity index (χ2v) is 7.41. The first-order chi connectivity index (χ1) is 14.6. The fourth-order valence-corrected chi connectivity index (χ4v) is 3.82. The number of amides is 1. The number of nitrogens with two attached hydrogens (primary N) is 1. The molecule has 0 atom stereocenters. The fraction of sp³-hybridized carbons (Fsp3) is 0.364. The van der Waals surface area contributed by atoms with Crippen LogP contribution in [0.1, 0.15) is 12.0 Å². The molecule has 158 valence electrons. The van der Waals surface area contributed by atoms with Crippen LogP contribution in [0.2, 0.25) is 0 Å². The number of benzene rings is 2. The molecule has 3 N–H and O–H groups in total. The molecule has 0 spiro atoms.